The van der Waals surface area contributed by atoms with Gasteiger partial charge in [0.05, 0.1) is 6.10 Å². The summed E-state index contributed by atoms with van der Waals surface area (Å²) in [6, 6.07) is 0. The molecule has 0 unspecified atom stereocenters. The Balaban J connectivity index is 3.19. The maximum atomic E-state index is 11.3. The molecule has 0 aliphatic carbocycles. The Morgan fingerprint density at radius 2 is 1.38 bits per heavy atom. The molecule has 142 valence electrons. The lowest BCUT2D eigenvalue weighted by Gasteiger charge is -2.06. The number of carbonyl (C=O) groups excluding carboxylic acids is 1. The van der Waals surface area contributed by atoms with Crippen molar-refractivity contribution in [2.75, 3.05) is 6.61 Å². The average molecular weight is 341 g/mol. The van der Waals surface area contributed by atoms with Crippen LogP contribution in [0, 0.1) is 0 Å². The van der Waals surface area contributed by atoms with Crippen LogP contribution < -0.4 is 0 Å². The van der Waals surface area contributed by atoms with Gasteiger partial charge in [0.2, 0.25) is 0 Å². The quantitative estimate of drug-likeness (QED) is 0.202. The number of ether oxygens (including phenoxy) is 1. The number of aliphatic hydroxyl groups excluding tert-OH is 1. The smallest absolute Gasteiger partial charge is 0.305 e. The second-order valence-electron chi connectivity index (χ2n) is 6.87. The molecule has 0 bridgehead atoms. The van der Waals surface area contributed by atoms with Crippen LogP contribution in [0.1, 0.15) is 104 Å². The molecule has 0 radical (unpaired) electrons. The number of unbranched alkanes of at least 4 members (excludes halogenated alkanes) is 11. The molecule has 24 heavy (non-hydrogen) atoms. The zero-order valence-electron chi connectivity index (χ0n) is 16.1. The lowest BCUT2D eigenvalue weighted by molar-refractivity contribution is -0.146. The maximum absolute atomic E-state index is 11.3. The highest BCUT2D eigenvalue weighted by Gasteiger charge is 2.04. The maximum Gasteiger partial charge on any atom is 0.305 e. The summed E-state index contributed by atoms with van der Waals surface area (Å²) in [4.78, 5) is 11.3. The SMILES string of the molecule is CCCCCCCC/C=C/CCCCCCCC(=O)OC[C@@H](C)O. The van der Waals surface area contributed by atoms with Crippen LogP contribution in [0.4, 0.5) is 0 Å². The van der Waals surface area contributed by atoms with Crippen molar-refractivity contribution < 1.29 is 14.6 Å². The first-order chi connectivity index (χ1) is 11.7. The van der Waals surface area contributed by atoms with E-state index < -0.39 is 6.10 Å². The van der Waals surface area contributed by atoms with Gasteiger partial charge in [0, 0.05) is 6.42 Å². The fourth-order valence-electron chi connectivity index (χ4n) is 2.63. The lowest BCUT2D eigenvalue weighted by Crippen LogP contribution is -2.14. The van der Waals surface area contributed by atoms with E-state index in [0.29, 0.717) is 6.42 Å². The van der Waals surface area contributed by atoms with E-state index in [2.05, 4.69) is 19.1 Å². The zero-order valence-corrected chi connectivity index (χ0v) is 16.1. The topological polar surface area (TPSA) is 46.5 Å². The van der Waals surface area contributed by atoms with Gasteiger partial charge in [-0.2, -0.15) is 0 Å². The van der Waals surface area contributed by atoms with Gasteiger partial charge in [0.15, 0.2) is 0 Å². The average Bonchev–Trinajstić information content (AvgIpc) is 2.56. The summed E-state index contributed by atoms with van der Waals surface area (Å²) < 4.78 is 4.92. The Bertz CT molecular complexity index is 297. The van der Waals surface area contributed by atoms with Crippen LogP contribution in [0.2, 0.25) is 0 Å². The highest BCUT2D eigenvalue weighted by molar-refractivity contribution is 5.69. The molecule has 3 nitrogen and oxygen atoms in total. The molecular formula is C21H40O3. The number of rotatable bonds is 17. The van der Waals surface area contributed by atoms with Crippen LogP contribution in [-0.4, -0.2) is 23.8 Å². The van der Waals surface area contributed by atoms with Gasteiger partial charge in [0.1, 0.15) is 6.61 Å². The second kappa shape index (κ2) is 18.5. The molecule has 1 N–H and O–H groups in total. The summed E-state index contributed by atoms with van der Waals surface area (Å²) in [6.07, 6.45) is 20.9. The minimum Gasteiger partial charge on any atom is -0.463 e. The van der Waals surface area contributed by atoms with E-state index in [-0.39, 0.29) is 12.6 Å². The minimum absolute atomic E-state index is 0.115. The zero-order chi connectivity index (χ0) is 17.9. The largest absolute Gasteiger partial charge is 0.463 e. The Morgan fingerprint density at radius 3 is 1.92 bits per heavy atom. The van der Waals surface area contributed by atoms with Crippen LogP contribution in [0.3, 0.4) is 0 Å². The molecule has 0 fully saturated rings. The van der Waals surface area contributed by atoms with E-state index in [9.17, 15) is 4.79 Å². The molecule has 3 heteroatoms. The van der Waals surface area contributed by atoms with E-state index >= 15 is 0 Å². The second-order valence-corrected chi connectivity index (χ2v) is 6.87. The first-order valence-electron chi connectivity index (χ1n) is 10.2. The third-order valence-electron chi connectivity index (χ3n) is 4.13. The van der Waals surface area contributed by atoms with E-state index in [4.69, 9.17) is 9.84 Å². The number of allylic oxidation sites excluding steroid dienone is 2. The summed E-state index contributed by atoms with van der Waals surface area (Å²) in [6.45, 7) is 4.00. The van der Waals surface area contributed by atoms with E-state index in [1.807, 2.05) is 0 Å². The highest BCUT2D eigenvalue weighted by atomic mass is 16.5. The van der Waals surface area contributed by atoms with E-state index in [1.165, 1.54) is 70.6 Å². The van der Waals surface area contributed by atoms with Crippen LogP contribution in [0.5, 0.6) is 0 Å². The number of hydrogen-bond donors (Lipinski definition) is 1. The van der Waals surface area contributed by atoms with Gasteiger partial charge in [-0.25, -0.2) is 0 Å². The van der Waals surface area contributed by atoms with Gasteiger partial charge < -0.3 is 9.84 Å². The fraction of sp³-hybridized carbons (Fsp3) is 0.857. The molecule has 0 aliphatic rings. The van der Waals surface area contributed by atoms with Crippen LogP contribution in [0.15, 0.2) is 12.2 Å². The summed E-state index contributed by atoms with van der Waals surface area (Å²) in [5.41, 5.74) is 0. The fourth-order valence-corrected chi connectivity index (χ4v) is 2.63. The molecule has 0 rings (SSSR count). The first-order valence-corrected chi connectivity index (χ1v) is 10.2. The van der Waals surface area contributed by atoms with Gasteiger partial charge in [-0.3, -0.25) is 4.79 Å². The van der Waals surface area contributed by atoms with Crippen molar-refractivity contribution in [3.05, 3.63) is 12.2 Å². The third kappa shape index (κ3) is 19.2. The molecule has 0 saturated carbocycles. The van der Waals surface area contributed by atoms with Crippen molar-refractivity contribution >= 4 is 5.97 Å². The molecular weight excluding hydrogens is 300 g/mol. The Morgan fingerprint density at radius 1 is 0.875 bits per heavy atom. The Kier molecular flexibility index (Phi) is 17.9. The lowest BCUT2D eigenvalue weighted by atomic mass is 10.1. The molecule has 0 aromatic heterocycles. The summed E-state index contributed by atoms with van der Waals surface area (Å²) in [7, 11) is 0. The van der Waals surface area contributed by atoms with Gasteiger partial charge >= 0.3 is 5.97 Å². The van der Waals surface area contributed by atoms with Crippen molar-refractivity contribution in [2.24, 2.45) is 0 Å². The van der Waals surface area contributed by atoms with Crippen LogP contribution >= 0.6 is 0 Å². The summed E-state index contributed by atoms with van der Waals surface area (Å²) in [5, 5.41) is 9.02. The van der Waals surface area contributed by atoms with Gasteiger partial charge in [-0.1, -0.05) is 70.4 Å². The first kappa shape index (κ1) is 23.2. The summed E-state index contributed by atoms with van der Waals surface area (Å²) >= 11 is 0. The summed E-state index contributed by atoms with van der Waals surface area (Å²) in [5.74, 6) is -0.187. The van der Waals surface area contributed by atoms with Crippen LogP contribution in [-0.2, 0) is 9.53 Å². The van der Waals surface area contributed by atoms with E-state index in [1.54, 1.807) is 6.92 Å². The molecule has 0 saturated heterocycles. The van der Waals surface area contributed by atoms with Gasteiger partial charge in [-0.15, -0.1) is 0 Å². The number of carbonyl (C=O) groups is 1. The number of aliphatic hydroxyl groups is 1. The molecule has 0 amide bonds. The normalized spacial score (nSPS) is 12.6. The molecule has 0 aromatic rings. The Labute approximate surface area is 149 Å². The van der Waals surface area contributed by atoms with Crippen molar-refractivity contribution in [1.82, 2.24) is 0 Å². The van der Waals surface area contributed by atoms with E-state index in [0.717, 1.165) is 12.8 Å². The number of hydrogen-bond acceptors (Lipinski definition) is 3. The third-order valence-corrected chi connectivity index (χ3v) is 4.13. The van der Waals surface area contributed by atoms with Crippen LogP contribution in [0.25, 0.3) is 0 Å². The number of esters is 1. The Hall–Kier alpha value is -0.830. The van der Waals surface area contributed by atoms with Crippen molar-refractivity contribution in [2.45, 2.75) is 110 Å². The van der Waals surface area contributed by atoms with Gasteiger partial charge in [0.25, 0.3) is 0 Å². The molecule has 0 aliphatic heterocycles. The predicted octanol–water partition coefficient (Wildman–Crippen LogP) is 5.95. The van der Waals surface area contributed by atoms with Crippen molar-refractivity contribution in [3.63, 3.8) is 0 Å². The standard InChI is InChI=1S/C21H40O3/c1-3-4-5-6-7-8-9-10-11-12-13-14-15-16-17-18-21(23)24-19-20(2)22/h10-11,20,22H,3-9,12-19H2,1-2H3/b11-10+/t20-/m1/s1. The molecule has 0 heterocycles. The highest BCUT2D eigenvalue weighted by Crippen LogP contribution is 2.10. The van der Waals surface area contributed by atoms with Crippen molar-refractivity contribution in [1.29, 1.82) is 0 Å². The predicted molar refractivity (Wildman–Crippen MR) is 102 cm³/mol. The minimum atomic E-state index is -0.567. The van der Waals surface area contributed by atoms with Crippen molar-refractivity contribution in [3.8, 4) is 0 Å². The molecule has 0 spiro atoms. The molecule has 1 atom stereocenters. The van der Waals surface area contributed by atoms with Gasteiger partial charge in [-0.05, 0) is 39.0 Å². The monoisotopic (exact) mass is 340 g/mol. The molecule has 0 aromatic carbocycles.